The van der Waals surface area contributed by atoms with E-state index in [0.29, 0.717) is 36.2 Å². The van der Waals surface area contributed by atoms with Crippen LogP contribution in [0, 0.1) is 5.92 Å². The van der Waals surface area contributed by atoms with Crippen molar-refractivity contribution in [1.82, 2.24) is 26.2 Å². The van der Waals surface area contributed by atoms with Crippen LogP contribution in [0.5, 0.6) is 0 Å². The molecule has 0 radical (unpaired) electrons. The van der Waals surface area contributed by atoms with E-state index in [0.717, 1.165) is 21.6 Å². The van der Waals surface area contributed by atoms with Crippen LogP contribution in [0.15, 0.2) is 127 Å². The van der Waals surface area contributed by atoms with Gasteiger partial charge in [0.2, 0.25) is 35.4 Å². The van der Waals surface area contributed by atoms with Crippen LogP contribution in [0.1, 0.15) is 47.3 Å². The molecule has 6 N–H and O–H groups in total. The molecule has 65 heavy (non-hydrogen) atoms. The number of anilines is 1. The lowest BCUT2D eigenvalue weighted by Crippen LogP contribution is -2.60. The number of aliphatic carboxylic acids is 1. The molecule has 1 saturated heterocycles. The zero-order valence-electron chi connectivity index (χ0n) is 35.7. The molecule has 4 heterocycles. The van der Waals surface area contributed by atoms with Crippen molar-refractivity contribution in [3.8, 4) is 11.1 Å². The van der Waals surface area contributed by atoms with Gasteiger partial charge in [-0.15, -0.1) is 11.3 Å². The minimum absolute atomic E-state index is 0.0164. The van der Waals surface area contributed by atoms with E-state index in [4.69, 9.17) is 0 Å². The third-order valence-electron chi connectivity index (χ3n) is 11.6. The van der Waals surface area contributed by atoms with Crippen molar-refractivity contribution in [2.75, 3.05) is 18.4 Å². The highest BCUT2D eigenvalue weighted by atomic mass is 32.1. The molecule has 6 amide bonds. The summed E-state index contributed by atoms with van der Waals surface area (Å²) >= 11 is 1.40. The van der Waals surface area contributed by atoms with E-state index in [1.165, 1.54) is 16.2 Å². The van der Waals surface area contributed by atoms with Crippen molar-refractivity contribution in [2.45, 2.75) is 75.5 Å². The first kappa shape index (κ1) is 45.9. The molecule has 3 aliphatic rings. The van der Waals surface area contributed by atoms with Gasteiger partial charge in [-0.2, -0.15) is 0 Å². The van der Waals surface area contributed by atoms with Crippen LogP contribution in [-0.4, -0.2) is 88.7 Å². The molecule has 4 aromatic carbocycles. The lowest BCUT2D eigenvalue weighted by molar-refractivity contribution is -0.147. The fourth-order valence-corrected chi connectivity index (χ4v) is 8.85. The van der Waals surface area contributed by atoms with Gasteiger partial charge in [0, 0.05) is 62.2 Å². The van der Waals surface area contributed by atoms with Crippen LogP contribution in [0.2, 0.25) is 0 Å². The standard InChI is InChI=1S/C50H52N6O8S/c57-44-23-24-45(58)52-42(30-39-14-8-26-65-39)48(61)54-41(28-33-15-19-36(20-16-33)35-11-5-2-6-12-35)46(59)53-40(27-32-9-3-1-4-10-32)47(60)55-43(29-34-17-21-38(51-44)22-18-34)49(62)56-25-7-13-37(31-56)50(63)64/h1-6,8-12,14-22,26,37,40-43H,7,13,23-25,27-31H2,(H,51,57)(H,52,58)(H,53,59)(H,54,61)(H,55,60)(H,63,64)/t37-,40-,41+,42-,43-/m1/s1. The average molecular weight is 897 g/mol. The molecule has 0 spiro atoms. The summed E-state index contributed by atoms with van der Waals surface area (Å²) in [6.07, 6.45) is 0.682. The van der Waals surface area contributed by atoms with Gasteiger partial charge in [-0.3, -0.25) is 33.6 Å². The maximum atomic E-state index is 14.7. The third-order valence-corrected chi connectivity index (χ3v) is 12.5. The number of likely N-dealkylation sites (tertiary alicyclic amines) is 1. The number of amides is 6. The van der Waals surface area contributed by atoms with Gasteiger partial charge in [-0.05, 0) is 64.2 Å². The molecule has 336 valence electrons. The van der Waals surface area contributed by atoms with Crippen LogP contribution in [-0.2, 0) is 59.2 Å². The SMILES string of the molecule is O=C1CCC(=O)N[C@H](Cc2cccs2)C(=O)N[C@@H](Cc2ccc(-c3ccccc3)cc2)C(=O)N[C@H](Cc2ccccc2)C(=O)N[C@@H](C(=O)N2CCC[C@@H](C(=O)O)C2)Cc2ccc(cc2)N1. The lowest BCUT2D eigenvalue weighted by Gasteiger charge is -2.34. The Morgan fingerprint density at radius 3 is 1.83 bits per heavy atom. The molecule has 15 heteroatoms. The number of benzene rings is 4. The Bertz CT molecular complexity index is 2450. The van der Waals surface area contributed by atoms with Crippen molar-refractivity contribution < 1.29 is 38.7 Å². The van der Waals surface area contributed by atoms with Gasteiger partial charge in [-0.25, -0.2) is 0 Å². The molecule has 3 aliphatic heterocycles. The summed E-state index contributed by atoms with van der Waals surface area (Å²) in [7, 11) is 0. The quantitative estimate of drug-likeness (QED) is 0.115. The van der Waals surface area contributed by atoms with Crippen molar-refractivity contribution in [3.05, 3.63) is 148 Å². The summed E-state index contributed by atoms with van der Waals surface area (Å²) in [5.74, 6) is -5.18. The number of rotatable bonds is 9. The molecule has 1 fully saturated rings. The van der Waals surface area contributed by atoms with Crippen LogP contribution >= 0.6 is 11.3 Å². The Balaban J connectivity index is 1.24. The molecule has 0 unspecified atom stereocenters. The smallest absolute Gasteiger partial charge is 0.308 e. The van der Waals surface area contributed by atoms with Gasteiger partial charge in [-0.1, -0.05) is 103 Å². The molecular weight excluding hydrogens is 845 g/mol. The predicted octanol–water partition coefficient (Wildman–Crippen LogP) is 4.68. The Kier molecular flexibility index (Phi) is 15.5. The fraction of sp³-hybridized carbons (Fsp3) is 0.300. The molecular formula is C50H52N6O8S. The van der Waals surface area contributed by atoms with E-state index in [1.807, 2.05) is 90.3 Å². The molecule has 1 aromatic heterocycles. The van der Waals surface area contributed by atoms with E-state index < -0.39 is 71.5 Å². The summed E-state index contributed by atoms with van der Waals surface area (Å²) in [4.78, 5) is 98.7. The molecule has 0 saturated carbocycles. The zero-order valence-corrected chi connectivity index (χ0v) is 36.6. The second-order valence-corrected chi connectivity index (χ2v) is 17.5. The van der Waals surface area contributed by atoms with E-state index in [1.54, 1.807) is 36.4 Å². The first-order chi connectivity index (χ1) is 31.5. The Hall–Kier alpha value is -7.13. The van der Waals surface area contributed by atoms with Crippen LogP contribution in [0.25, 0.3) is 11.1 Å². The van der Waals surface area contributed by atoms with Crippen molar-refractivity contribution >= 4 is 58.4 Å². The van der Waals surface area contributed by atoms with E-state index >= 15 is 0 Å². The monoisotopic (exact) mass is 896 g/mol. The molecule has 5 aromatic rings. The number of hydrogen-bond donors (Lipinski definition) is 6. The van der Waals surface area contributed by atoms with Gasteiger partial charge in [0.1, 0.15) is 24.2 Å². The summed E-state index contributed by atoms with van der Waals surface area (Å²) < 4.78 is 0. The summed E-state index contributed by atoms with van der Waals surface area (Å²) in [6.45, 7) is 0.289. The van der Waals surface area contributed by atoms with Crippen LogP contribution in [0.3, 0.4) is 0 Å². The van der Waals surface area contributed by atoms with E-state index in [9.17, 15) is 38.7 Å². The number of thiophene rings is 1. The maximum absolute atomic E-state index is 14.7. The van der Waals surface area contributed by atoms with E-state index in [-0.39, 0.29) is 45.1 Å². The first-order valence-corrected chi connectivity index (χ1v) is 22.7. The fourth-order valence-electron chi connectivity index (χ4n) is 8.10. The Morgan fingerprint density at radius 1 is 0.615 bits per heavy atom. The lowest BCUT2D eigenvalue weighted by atomic mass is 9.96. The Morgan fingerprint density at radius 2 is 1.20 bits per heavy atom. The second kappa shape index (κ2) is 22.0. The Labute approximate surface area is 381 Å². The largest absolute Gasteiger partial charge is 0.481 e. The second-order valence-electron chi connectivity index (χ2n) is 16.5. The normalized spacial score (nSPS) is 21.4. The van der Waals surface area contributed by atoms with Gasteiger partial charge >= 0.3 is 5.97 Å². The highest BCUT2D eigenvalue weighted by molar-refractivity contribution is 7.09. The molecule has 2 bridgehead atoms. The average Bonchev–Trinajstić information content (AvgIpc) is 3.84. The van der Waals surface area contributed by atoms with Gasteiger partial charge in [0.05, 0.1) is 5.92 Å². The predicted molar refractivity (Wildman–Crippen MR) is 246 cm³/mol. The number of carbonyl (C=O) groups is 7. The van der Waals surface area contributed by atoms with Crippen LogP contribution in [0.4, 0.5) is 5.69 Å². The van der Waals surface area contributed by atoms with Gasteiger partial charge in [0.15, 0.2) is 0 Å². The third kappa shape index (κ3) is 13.0. The number of hydrogen-bond acceptors (Lipinski definition) is 8. The number of fused-ring (bicyclic) bond motifs is 18. The number of nitrogens with zero attached hydrogens (tertiary/aromatic N) is 1. The summed E-state index contributed by atoms with van der Waals surface area (Å²) in [5.41, 5.74) is 4.46. The number of piperidine rings is 1. The minimum atomic E-state index is -1.24. The highest BCUT2D eigenvalue weighted by Crippen LogP contribution is 2.22. The topological polar surface area (TPSA) is 203 Å². The zero-order chi connectivity index (χ0) is 45.7. The van der Waals surface area contributed by atoms with Crippen molar-refractivity contribution in [1.29, 1.82) is 0 Å². The van der Waals surface area contributed by atoms with Crippen molar-refractivity contribution in [2.24, 2.45) is 5.92 Å². The number of carboxylic acid groups (broad SMARTS) is 1. The molecule has 14 nitrogen and oxygen atoms in total. The first-order valence-electron chi connectivity index (χ1n) is 21.8. The molecule has 0 aliphatic carbocycles. The maximum Gasteiger partial charge on any atom is 0.308 e. The highest BCUT2D eigenvalue weighted by Gasteiger charge is 2.36. The van der Waals surface area contributed by atoms with Crippen LogP contribution < -0.4 is 26.6 Å². The van der Waals surface area contributed by atoms with Gasteiger partial charge < -0.3 is 36.6 Å². The van der Waals surface area contributed by atoms with E-state index in [2.05, 4.69) is 26.6 Å². The number of carbonyl (C=O) groups excluding carboxylic acids is 6. The number of carboxylic acids is 1. The molecule has 5 atom stereocenters. The summed E-state index contributed by atoms with van der Waals surface area (Å²) in [6, 6.07) is 32.0. The molecule has 8 rings (SSSR count). The summed E-state index contributed by atoms with van der Waals surface area (Å²) in [5, 5.41) is 25.9. The van der Waals surface area contributed by atoms with Crippen molar-refractivity contribution in [3.63, 3.8) is 0 Å². The number of nitrogens with one attached hydrogen (secondary N) is 5. The van der Waals surface area contributed by atoms with Gasteiger partial charge in [0.25, 0.3) is 0 Å². The minimum Gasteiger partial charge on any atom is -0.481 e.